The number of carbonyl (C=O) groups excluding carboxylic acids is 1. The van der Waals surface area contributed by atoms with Gasteiger partial charge in [-0.1, -0.05) is 41.7 Å². The first-order valence-corrected chi connectivity index (χ1v) is 12.8. The summed E-state index contributed by atoms with van der Waals surface area (Å²) in [4.78, 5) is 17.6. The number of aromatic nitrogens is 1. The molecule has 2 atom stereocenters. The summed E-state index contributed by atoms with van der Waals surface area (Å²) in [6.45, 7) is 0.161. The van der Waals surface area contributed by atoms with Crippen LogP contribution >= 0.6 is 34.3 Å². The molecule has 11 heteroatoms. The topological polar surface area (TPSA) is 77.2 Å². The van der Waals surface area contributed by atoms with Crippen LogP contribution in [0.2, 0.25) is 5.15 Å². The summed E-state index contributed by atoms with van der Waals surface area (Å²) in [7, 11) is 0. The predicted octanol–water partition coefficient (Wildman–Crippen LogP) is 6.23. The number of nitrogens with zero attached hydrogens (tertiary/aromatic N) is 1. The van der Waals surface area contributed by atoms with Gasteiger partial charge >= 0.3 is 12.1 Å². The second-order valence-corrected chi connectivity index (χ2v) is 10.3. The summed E-state index contributed by atoms with van der Waals surface area (Å²) >= 11 is 9.54. The van der Waals surface area contributed by atoms with E-state index in [1.807, 2.05) is 17.5 Å². The van der Waals surface area contributed by atoms with Crippen molar-refractivity contribution in [1.29, 1.82) is 0 Å². The Kier molecular flexibility index (Phi) is 8.02. The fourth-order valence-corrected chi connectivity index (χ4v) is 5.94. The van der Waals surface area contributed by atoms with Gasteiger partial charge in [-0.2, -0.15) is 13.2 Å². The van der Waals surface area contributed by atoms with Gasteiger partial charge in [0.2, 0.25) is 0 Å². The Labute approximate surface area is 213 Å². The average molecular weight is 540 g/mol. The third-order valence-corrected chi connectivity index (χ3v) is 7.81. The van der Waals surface area contributed by atoms with Gasteiger partial charge in [-0.3, -0.25) is 0 Å². The minimum Gasteiger partial charge on any atom is -0.458 e. The highest BCUT2D eigenvalue weighted by molar-refractivity contribution is 7.20. The van der Waals surface area contributed by atoms with E-state index in [0.717, 1.165) is 33.0 Å². The zero-order valence-corrected chi connectivity index (χ0v) is 20.7. The van der Waals surface area contributed by atoms with Gasteiger partial charge in [0.25, 0.3) is 0 Å². The van der Waals surface area contributed by atoms with Crippen LogP contribution in [0.3, 0.4) is 0 Å². The highest BCUT2D eigenvalue weighted by Crippen LogP contribution is 2.43. The lowest BCUT2D eigenvalue weighted by molar-refractivity contribution is -0.199. The van der Waals surface area contributed by atoms with Gasteiger partial charge in [0, 0.05) is 40.7 Å². The predicted molar refractivity (Wildman–Crippen MR) is 134 cm³/mol. The minimum absolute atomic E-state index is 0.0236. The van der Waals surface area contributed by atoms with E-state index in [0.29, 0.717) is 22.8 Å². The second-order valence-electron chi connectivity index (χ2n) is 7.84. The first-order valence-electron chi connectivity index (χ1n) is 10.8. The van der Waals surface area contributed by atoms with Gasteiger partial charge in [0.15, 0.2) is 0 Å². The Balaban J connectivity index is 1.66. The van der Waals surface area contributed by atoms with E-state index in [1.165, 1.54) is 0 Å². The number of allylic oxidation sites excluding steroid dienone is 1. The third kappa shape index (κ3) is 6.16. The van der Waals surface area contributed by atoms with Crippen LogP contribution in [0.15, 0.2) is 35.7 Å². The van der Waals surface area contributed by atoms with E-state index >= 15 is 0 Å². The maximum Gasteiger partial charge on any atom is 0.490 e. The van der Waals surface area contributed by atoms with Gasteiger partial charge in [-0.25, -0.2) is 9.78 Å². The van der Waals surface area contributed by atoms with Crippen molar-refractivity contribution in [3.63, 3.8) is 0 Å². The van der Waals surface area contributed by atoms with Crippen LogP contribution in [0.25, 0.3) is 10.2 Å². The van der Waals surface area contributed by atoms with E-state index in [1.54, 1.807) is 28.7 Å². The number of fused-ring (bicyclic) bond motifs is 1. The number of nitrogens with one attached hydrogen (secondary N) is 1. The van der Waals surface area contributed by atoms with Crippen molar-refractivity contribution in [3.05, 3.63) is 56.2 Å². The smallest absolute Gasteiger partial charge is 0.458 e. The molecule has 1 aliphatic rings. The maximum atomic E-state index is 12.3. The monoisotopic (exact) mass is 539 g/mol. The molecule has 0 saturated heterocycles. The molecule has 0 amide bonds. The molecule has 35 heavy (non-hydrogen) atoms. The molecule has 0 spiro atoms. The summed E-state index contributed by atoms with van der Waals surface area (Å²) in [6.07, 6.45) is 0.538. The van der Waals surface area contributed by atoms with Crippen molar-refractivity contribution in [1.82, 2.24) is 4.98 Å². The van der Waals surface area contributed by atoms with Gasteiger partial charge in [-0.15, -0.1) is 22.7 Å². The molecule has 0 fully saturated rings. The first-order chi connectivity index (χ1) is 16.7. The summed E-state index contributed by atoms with van der Waals surface area (Å²) in [5.41, 5.74) is 8.53. The molecule has 3 aromatic rings. The average Bonchev–Trinajstić information content (AvgIpc) is 3.45. The Morgan fingerprint density at radius 3 is 2.86 bits per heavy atom. The van der Waals surface area contributed by atoms with E-state index in [9.17, 15) is 18.0 Å². The number of carbonyl (C=O) groups is 1. The molecule has 3 N–H and O–H groups in total. The molecule has 184 valence electrons. The van der Waals surface area contributed by atoms with Crippen LogP contribution in [0.5, 0.6) is 0 Å². The number of esters is 1. The van der Waals surface area contributed by atoms with Gasteiger partial charge in [0.05, 0.1) is 16.0 Å². The molecule has 0 radical (unpaired) electrons. The highest BCUT2D eigenvalue weighted by Gasteiger charge is 2.40. The van der Waals surface area contributed by atoms with E-state index in [2.05, 4.69) is 39.0 Å². The number of anilines is 1. The van der Waals surface area contributed by atoms with Crippen LogP contribution in [0.4, 0.5) is 18.9 Å². The van der Waals surface area contributed by atoms with Gasteiger partial charge in [0.1, 0.15) is 17.3 Å². The summed E-state index contributed by atoms with van der Waals surface area (Å²) < 4.78 is 42.1. The molecule has 0 aromatic carbocycles. The van der Waals surface area contributed by atoms with Crippen LogP contribution in [-0.2, 0) is 16.1 Å². The fourth-order valence-electron chi connectivity index (χ4n) is 3.73. The van der Waals surface area contributed by atoms with Crippen LogP contribution in [0, 0.1) is 11.8 Å². The van der Waals surface area contributed by atoms with Gasteiger partial charge in [-0.05, 0) is 24.3 Å². The molecule has 4 rings (SSSR count). The lowest BCUT2D eigenvalue weighted by Crippen LogP contribution is -2.29. The number of ether oxygens (including phenoxy) is 1. The number of thiophene rings is 2. The van der Waals surface area contributed by atoms with Crippen molar-refractivity contribution in [2.24, 2.45) is 5.73 Å². The number of hydrogen-bond acceptors (Lipinski definition) is 7. The molecule has 0 saturated carbocycles. The van der Waals surface area contributed by atoms with E-state index in [-0.39, 0.29) is 18.4 Å². The molecule has 0 bridgehead atoms. The number of alkyl halides is 3. The Morgan fingerprint density at radius 2 is 2.14 bits per heavy atom. The lowest BCUT2D eigenvalue weighted by atomic mass is 9.87. The molecule has 3 aromatic heterocycles. The largest absolute Gasteiger partial charge is 0.490 e. The van der Waals surface area contributed by atoms with E-state index < -0.39 is 18.8 Å². The second kappa shape index (κ2) is 11.0. The van der Waals surface area contributed by atoms with Crippen molar-refractivity contribution < 1.29 is 22.7 Å². The molecule has 5 nitrogen and oxygen atoms in total. The zero-order valence-electron chi connectivity index (χ0n) is 18.3. The Bertz CT molecular complexity index is 1290. The van der Waals surface area contributed by atoms with Crippen molar-refractivity contribution in [2.45, 2.75) is 43.9 Å². The SMILES string of the molecule is N[C@H]1CC=CC[C@@H]1c1sc2c(NCc3cccs3)cc(Cl)nc2c1C#CCCOC(=O)C(F)(F)F. The molecule has 1 aliphatic carbocycles. The molecule has 3 heterocycles. The molecular weight excluding hydrogens is 519 g/mol. The first kappa shape index (κ1) is 25.5. The highest BCUT2D eigenvalue weighted by atomic mass is 35.5. The fraction of sp³-hybridized carbons (Fsp3) is 0.333. The maximum absolute atomic E-state index is 12.3. The van der Waals surface area contributed by atoms with Crippen LogP contribution < -0.4 is 11.1 Å². The zero-order chi connectivity index (χ0) is 25.0. The number of nitrogens with two attached hydrogens (primary N) is 1. The van der Waals surface area contributed by atoms with Crippen LogP contribution in [-0.4, -0.2) is 29.8 Å². The summed E-state index contributed by atoms with van der Waals surface area (Å²) in [5, 5.41) is 5.73. The van der Waals surface area contributed by atoms with Crippen molar-refractivity contribution >= 4 is 56.1 Å². The standard InChI is InChI=1S/C24H21ClF3N3O2S2/c25-19-12-18(30-13-14-6-5-11-34-14)22-20(31-19)16(8-3-4-10-33-23(32)24(26,27)28)21(35-22)15-7-1-2-9-17(15)29/h1-2,5-6,11-12,15,17H,4,7,9-10,13,29H2,(H,30,31)/t15-,17-/m0/s1. The van der Waals surface area contributed by atoms with E-state index in [4.69, 9.17) is 17.3 Å². The number of hydrogen-bond donors (Lipinski definition) is 2. The summed E-state index contributed by atoms with van der Waals surface area (Å²) in [6, 6.07) is 5.69. The Morgan fingerprint density at radius 1 is 1.34 bits per heavy atom. The number of pyridine rings is 1. The van der Waals surface area contributed by atoms with Gasteiger partial charge < -0.3 is 15.8 Å². The number of halogens is 4. The number of rotatable bonds is 6. The minimum atomic E-state index is -5.03. The molecule has 0 aliphatic heterocycles. The Hall–Kier alpha value is -2.58. The lowest BCUT2D eigenvalue weighted by Gasteiger charge is -2.24. The van der Waals surface area contributed by atoms with Crippen LogP contribution in [0.1, 0.15) is 40.5 Å². The normalized spacial score (nSPS) is 17.7. The third-order valence-electron chi connectivity index (χ3n) is 5.39. The quantitative estimate of drug-likeness (QED) is 0.128. The van der Waals surface area contributed by atoms with Crippen molar-refractivity contribution in [3.8, 4) is 11.8 Å². The molecular formula is C24H21ClF3N3O2S2. The molecule has 0 unspecified atom stereocenters. The van der Waals surface area contributed by atoms with Crippen molar-refractivity contribution in [2.75, 3.05) is 11.9 Å². The summed E-state index contributed by atoms with van der Waals surface area (Å²) in [5.74, 6) is 3.68.